The number of benzene rings is 1. The molecule has 160 valence electrons. The van der Waals surface area contributed by atoms with E-state index in [1.54, 1.807) is 0 Å². The third-order valence-corrected chi connectivity index (χ3v) is 5.66. The number of hydrogen-bond donors (Lipinski definition) is 2. The second kappa shape index (κ2) is 14.5. The fourth-order valence-corrected chi connectivity index (χ4v) is 3.83. The van der Waals surface area contributed by atoms with E-state index in [-0.39, 0.29) is 5.92 Å². The summed E-state index contributed by atoms with van der Waals surface area (Å²) < 4.78 is 0. The Morgan fingerprint density at radius 3 is 1.82 bits per heavy atom. The van der Waals surface area contributed by atoms with Gasteiger partial charge in [-0.25, -0.2) is 0 Å². The lowest BCUT2D eigenvalue weighted by molar-refractivity contribution is -0.142. The van der Waals surface area contributed by atoms with Crippen LogP contribution in [0.4, 0.5) is 0 Å². The van der Waals surface area contributed by atoms with Crippen LogP contribution in [-0.2, 0) is 24.1 Å². The Balaban J connectivity index is 2.81. The van der Waals surface area contributed by atoms with Crippen molar-refractivity contribution < 1.29 is 15.0 Å². The van der Waals surface area contributed by atoms with E-state index in [9.17, 15) is 15.0 Å². The van der Waals surface area contributed by atoms with Gasteiger partial charge in [-0.3, -0.25) is 4.79 Å². The third-order valence-electron chi connectivity index (χ3n) is 5.66. The minimum absolute atomic E-state index is 0.325. The van der Waals surface area contributed by atoms with Crippen molar-refractivity contribution in [2.75, 3.05) is 0 Å². The smallest absolute Gasteiger partial charge is 0.306 e. The summed E-state index contributed by atoms with van der Waals surface area (Å²) in [7, 11) is 0. The summed E-state index contributed by atoms with van der Waals surface area (Å²) >= 11 is 0. The zero-order valence-corrected chi connectivity index (χ0v) is 18.4. The fraction of sp³-hybridized carbons (Fsp3) is 0.720. The summed E-state index contributed by atoms with van der Waals surface area (Å²) in [5.74, 6) is -0.575. The number of carbonyl (C=O) groups is 1. The molecule has 1 rings (SSSR count). The highest BCUT2D eigenvalue weighted by molar-refractivity contribution is 5.70. The molecule has 0 aliphatic carbocycles. The van der Waals surface area contributed by atoms with E-state index < -0.39 is 5.97 Å². The molecule has 1 atom stereocenters. The maximum Gasteiger partial charge on any atom is 0.306 e. The Kier molecular flexibility index (Phi) is 12.7. The average molecular weight is 391 g/mol. The number of phenolic OH excluding ortho intramolecular Hbond substituents is 1. The second-order valence-electron chi connectivity index (χ2n) is 8.27. The van der Waals surface area contributed by atoms with Gasteiger partial charge < -0.3 is 10.2 Å². The molecule has 0 saturated heterocycles. The number of carboxylic acid groups (broad SMARTS) is 1. The monoisotopic (exact) mass is 390 g/mol. The predicted octanol–water partition coefficient (Wildman–Crippen LogP) is 7.07. The van der Waals surface area contributed by atoms with Gasteiger partial charge in [-0.05, 0) is 55.2 Å². The van der Waals surface area contributed by atoms with Crippen molar-refractivity contribution in [2.24, 2.45) is 5.92 Å². The van der Waals surface area contributed by atoms with Crippen molar-refractivity contribution in [2.45, 2.75) is 111 Å². The molecule has 0 amide bonds. The molecule has 28 heavy (non-hydrogen) atoms. The summed E-state index contributed by atoms with van der Waals surface area (Å²) in [4.78, 5) is 11.8. The van der Waals surface area contributed by atoms with Crippen LogP contribution in [0.5, 0.6) is 5.75 Å². The first kappa shape index (κ1) is 24.5. The zero-order valence-electron chi connectivity index (χ0n) is 18.4. The summed E-state index contributed by atoms with van der Waals surface area (Å²) in [6, 6.07) is 4.11. The molecule has 3 heteroatoms. The van der Waals surface area contributed by atoms with Gasteiger partial charge in [-0.2, -0.15) is 0 Å². The zero-order chi connectivity index (χ0) is 20.8. The summed E-state index contributed by atoms with van der Waals surface area (Å²) in [5.41, 5.74) is 3.07. The molecule has 0 fully saturated rings. The maximum absolute atomic E-state index is 11.8. The van der Waals surface area contributed by atoms with Crippen LogP contribution in [0, 0.1) is 5.92 Å². The lowest BCUT2D eigenvalue weighted by Gasteiger charge is -2.16. The first-order valence-electron chi connectivity index (χ1n) is 11.6. The Bertz CT molecular complexity index is 536. The number of rotatable bonds is 16. The van der Waals surface area contributed by atoms with E-state index in [0.29, 0.717) is 12.2 Å². The van der Waals surface area contributed by atoms with Gasteiger partial charge in [-0.15, -0.1) is 0 Å². The molecule has 1 aromatic carbocycles. The fourth-order valence-electron chi connectivity index (χ4n) is 3.83. The quantitative estimate of drug-likeness (QED) is 0.297. The van der Waals surface area contributed by atoms with E-state index in [0.717, 1.165) is 74.5 Å². The molecule has 0 aliphatic rings. The lowest BCUT2D eigenvalue weighted by atomic mass is 9.90. The third kappa shape index (κ3) is 9.12. The molecule has 0 heterocycles. The average Bonchev–Trinajstić information content (AvgIpc) is 2.68. The molecule has 0 bridgehead atoms. The van der Waals surface area contributed by atoms with Crippen LogP contribution < -0.4 is 0 Å². The molecule has 3 nitrogen and oxygen atoms in total. The summed E-state index contributed by atoms with van der Waals surface area (Å²) in [6.07, 6.45) is 14.4. The van der Waals surface area contributed by atoms with Crippen LogP contribution in [-0.4, -0.2) is 16.2 Å². The first-order chi connectivity index (χ1) is 13.5. The number of phenols is 1. The van der Waals surface area contributed by atoms with Crippen LogP contribution in [0.2, 0.25) is 0 Å². The predicted molar refractivity (Wildman–Crippen MR) is 118 cm³/mol. The molecule has 0 saturated carbocycles. The largest absolute Gasteiger partial charge is 0.507 e. The molecular weight excluding hydrogens is 348 g/mol. The normalized spacial score (nSPS) is 12.2. The minimum atomic E-state index is -0.688. The van der Waals surface area contributed by atoms with Gasteiger partial charge in [0.2, 0.25) is 0 Å². The Labute approximate surface area is 172 Å². The van der Waals surface area contributed by atoms with E-state index >= 15 is 0 Å². The molecule has 0 radical (unpaired) electrons. The first-order valence-corrected chi connectivity index (χ1v) is 11.6. The van der Waals surface area contributed by atoms with Crippen LogP contribution >= 0.6 is 0 Å². The molecule has 1 unspecified atom stereocenters. The number of aliphatic carboxylic acids is 1. The van der Waals surface area contributed by atoms with Gasteiger partial charge in [0.15, 0.2) is 0 Å². The molecule has 1 aromatic rings. The van der Waals surface area contributed by atoms with Crippen molar-refractivity contribution in [1.82, 2.24) is 0 Å². The van der Waals surface area contributed by atoms with E-state index in [1.165, 1.54) is 25.7 Å². The minimum Gasteiger partial charge on any atom is -0.507 e. The maximum atomic E-state index is 11.8. The van der Waals surface area contributed by atoms with Crippen LogP contribution in [0.25, 0.3) is 0 Å². The SMILES string of the molecule is CCCCCCCCC(Cc1cc(CCCC)c(O)c(CCCC)c1)C(=O)O. The summed E-state index contributed by atoms with van der Waals surface area (Å²) in [6.45, 7) is 6.52. The molecule has 0 aliphatic heterocycles. The van der Waals surface area contributed by atoms with Gasteiger partial charge in [0.1, 0.15) is 5.75 Å². The highest BCUT2D eigenvalue weighted by Crippen LogP contribution is 2.29. The molecular formula is C25H42O3. The topological polar surface area (TPSA) is 57.5 Å². The highest BCUT2D eigenvalue weighted by atomic mass is 16.4. The van der Waals surface area contributed by atoms with Crippen molar-refractivity contribution in [3.63, 3.8) is 0 Å². The van der Waals surface area contributed by atoms with Crippen LogP contribution in [0.15, 0.2) is 12.1 Å². The van der Waals surface area contributed by atoms with Crippen molar-refractivity contribution in [3.8, 4) is 5.75 Å². The Morgan fingerprint density at radius 1 is 0.821 bits per heavy atom. The van der Waals surface area contributed by atoms with Crippen molar-refractivity contribution >= 4 is 5.97 Å². The van der Waals surface area contributed by atoms with Gasteiger partial charge in [0.25, 0.3) is 0 Å². The standard InChI is InChI=1S/C25H42O3/c1-4-7-10-11-12-13-16-23(25(27)28)19-20-17-21(14-8-5-2)24(26)22(18-20)15-9-6-3/h17-18,23,26H,4-16,19H2,1-3H3,(H,27,28). The summed E-state index contributed by atoms with van der Waals surface area (Å²) in [5, 5.41) is 20.3. The Morgan fingerprint density at radius 2 is 1.32 bits per heavy atom. The molecule has 2 N–H and O–H groups in total. The lowest BCUT2D eigenvalue weighted by Crippen LogP contribution is -2.17. The number of aromatic hydroxyl groups is 1. The van der Waals surface area contributed by atoms with Gasteiger partial charge >= 0.3 is 5.97 Å². The van der Waals surface area contributed by atoms with E-state index in [4.69, 9.17) is 0 Å². The van der Waals surface area contributed by atoms with E-state index in [1.807, 2.05) is 0 Å². The van der Waals surface area contributed by atoms with E-state index in [2.05, 4.69) is 32.9 Å². The number of hydrogen-bond acceptors (Lipinski definition) is 2. The molecule has 0 aromatic heterocycles. The van der Waals surface area contributed by atoms with Crippen molar-refractivity contribution in [1.29, 1.82) is 0 Å². The second-order valence-corrected chi connectivity index (χ2v) is 8.27. The molecule has 0 spiro atoms. The van der Waals surface area contributed by atoms with Crippen LogP contribution in [0.1, 0.15) is 108 Å². The highest BCUT2D eigenvalue weighted by Gasteiger charge is 2.19. The van der Waals surface area contributed by atoms with Crippen molar-refractivity contribution in [3.05, 3.63) is 28.8 Å². The van der Waals surface area contributed by atoms with Gasteiger partial charge in [-0.1, -0.05) is 84.3 Å². The van der Waals surface area contributed by atoms with Gasteiger partial charge in [0, 0.05) is 0 Å². The van der Waals surface area contributed by atoms with Gasteiger partial charge in [0.05, 0.1) is 5.92 Å². The number of aryl methyl sites for hydroxylation is 2. The number of unbranched alkanes of at least 4 members (excludes halogenated alkanes) is 7. The number of carboxylic acids is 1. The van der Waals surface area contributed by atoms with Crippen LogP contribution in [0.3, 0.4) is 0 Å². The Hall–Kier alpha value is -1.51.